The molecule has 29 heavy (non-hydrogen) atoms. The van der Waals surface area contributed by atoms with Crippen LogP contribution in [0.3, 0.4) is 0 Å². The number of hydrogen-bond donors (Lipinski definition) is 0. The van der Waals surface area contributed by atoms with Crippen LogP contribution in [0.2, 0.25) is 0 Å². The Bertz CT molecular complexity index is 1020. The molecule has 0 N–H and O–H groups in total. The number of ether oxygens (including phenoxy) is 1. The first-order valence-electron chi connectivity index (χ1n) is 10.2. The number of rotatable bonds is 3. The predicted octanol–water partition coefficient (Wildman–Crippen LogP) is 5.99. The molecule has 3 heteroatoms. The summed E-state index contributed by atoms with van der Waals surface area (Å²) < 4.78 is 5.43. The smallest absolute Gasteiger partial charge is 0.344 e. The molecule has 2 aromatic carbocycles. The number of carbonyl (C=O) groups excluding carboxylic acids is 2. The normalized spacial score (nSPS) is 20.2. The number of esters is 1. The molecule has 0 saturated carbocycles. The van der Waals surface area contributed by atoms with Gasteiger partial charge in [0.1, 0.15) is 5.75 Å². The van der Waals surface area contributed by atoms with Crippen molar-refractivity contribution in [2.75, 3.05) is 0 Å². The van der Waals surface area contributed by atoms with Gasteiger partial charge in [-0.15, -0.1) is 0 Å². The minimum atomic E-state index is -0.344. The summed E-state index contributed by atoms with van der Waals surface area (Å²) in [5.41, 5.74) is 3.90. The van der Waals surface area contributed by atoms with E-state index >= 15 is 0 Å². The van der Waals surface area contributed by atoms with Crippen LogP contribution in [0.4, 0.5) is 0 Å². The molecule has 0 amide bonds. The van der Waals surface area contributed by atoms with Crippen LogP contribution in [0.25, 0.3) is 5.57 Å². The van der Waals surface area contributed by atoms with Crippen molar-refractivity contribution in [3.63, 3.8) is 0 Å². The van der Waals surface area contributed by atoms with Gasteiger partial charge in [0, 0.05) is 16.7 Å². The summed E-state index contributed by atoms with van der Waals surface area (Å²) in [7, 11) is 0. The van der Waals surface area contributed by atoms with Gasteiger partial charge in [-0.3, -0.25) is 4.79 Å². The minimum absolute atomic E-state index is 0.0583. The van der Waals surface area contributed by atoms with Gasteiger partial charge < -0.3 is 4.74 Å². The number of benzene rings is 2. The summed E-state index contributed by atoms with van der Waals surface area (Å²) in [6.45, 7) is 6.85. The predicted molar refractivity (Wildman–Crippen MR) is 115 cm³/mol. The highest BCUT2D eigenvalue weighted by Crippen LogP contribution is 2.40. The third kappa shape index (κ3) is 3.95. The van der Waals surface area contributed by atoms with E-state index in [1.807, 2.05) is 24.3 Å². The molecule has 0 aromatic heterocycles. The molecule has 0 radical (unpaired) electrons. The second-order valence-electron chi connectivity index (χ2n) is 8.97. The molecular weight excluding hydrogens is 360 g/mol. The highest BCUT2D eigenvalue weighted by atomic mass is 16.5. The topological polar surface area (TPSA) is 43.4 Å². The van der Waals surface area contributed by atoms with E-state index in [-0.39, 0.29) is 11.8 Å². The van der Waals surface area contributed by atoms with Crippen molar-refractivity contribution in [3.05, 3.63) is 82.9 Å². The first-order valence-corrected chi connectivity index (χ1v) is 10.2. The van der Waals surface area contributed by atoms with Crippen LogP contribution >= 0.6 is 0 Å². The Morgan fingerprint density at radius 3 is 2.48 bits per heavy atom. The lowest BCUT2D eigenvalue weighted by atomic mass is 9.73. The van der Waals surface area contributed by atoms with Crippen LogP contribution in [-0.4, -0.2) is 11.8 Å². The molecule has 0 saturated heterocycles. The fraction of sp³-hybridized carbons (Fsp3) is 0.308. The SMILES string of the molecule is CC(C)(C)C1CC=C(/C=C2/C(=O)Oc3ccc(C(=O)c4ccccc4)cc32)CC1. The molecule has 1 aliphatic heterocycles. The van der Waals surface area contributed by atoms with E-state index in [2.05, 4.69) is 26.8 Å². The molecule has 3 nitrogen and oxygen atoms in total. The van der Waals surface area contributed by atoms with Crippen molar-refractivity contribution in [3.8, 4) is 5.75 Å². The average molecular weight is 386 g/mol. The van der Waals surface area contributed by atoms with E-state index in [4.69, 9.17) is 4.74 Å². The minimum Gasteiger partial charge on any atom is -0.422 e. The largest absolute Gasteiger partial charge is 0.422 e. The molecule has 1 heterocycles. The first-order chi connectivity index (χ1) is 13.8. The molecule has 2 aromatic rings. The summed E-state index contributed by atoms with van der Waals surface area (Å²) >= 11 is 0. The van der Waals surface area contributed by atoms with Gasteiger partial charge in [-0.2, -0.15) is 0 Å². The second-order valence-corrected chi connectivity index (χ2v) is 8.97. The Morgan fingerprint density at radius 2 is 1.83 bits per heavy atom. The van der Waals surface area contributed by atoms with E-state index in [1.54, 1.807) is 30.3 Å². The van der Waals surface area contributed by atoms with Crippen LogP contribution in [0.1, 0.15) is 61.5 Å². The summed E-state index contributed by atoms with van der Waals surface area (Å²) in [6.07, 6.45) is 7.29. The molecule has 0 fully saturated rings. The summed E-state index contributed by atoms with van der Waals surface area (Å²) in [5, 5.41) is 0. The second kappa shape index (κ2) is 7.47. The van der Waals surface area contributed by atoms with Crippen LogP contribution in [0.5, 0.6) is 5.75 Å². The molecule has 1 unspecified atom stereocenters. The third-order valence-corrected chi connectivity index (χ3v) is 5.99. The lowest BCUT2D eigenvalue weighted by Crippen LogP contribution is -2.22. The Labute approximate surface area is 172 Å². The summed E-state index contributed by atoms with van der Waals surface area (Å²) in [4.78, 5) is 25.3. The zero-order valence-corrected chi connectivity index (χ0v) is 17.2. The monoisotopic (exact) mass is 386 g/mol. The van der Waals surface area contributed by atoms with E-state index in [9.17, 15) is 9.59 Å². The molecule has 0 spiro atoms. The Morgan fingerprint density at radius 1 is 1.07 bits per heavy atom. The highest BCUT2D eigenvalue weighted by Gasteiger charge is 2.30. The van der Waals surface area contributed by atoms with Crippen LogP contribution in [0.15, 0.2) is 66.3 Å². The maximum Gasteiger partial charge on any atom is 0.344 e. The van der Waals surface area contributed by atoms with Crippen LogP contribution < -0.4 is 4.74 Å². The van der Waals surface area contributed by atoms with Crippen molar-refractivity contribution in [1.82, 2.24) is 0 Å². The molecule has 148 valence electrons. The van der Waals surface area contributed by atoms with Crippen LogP contribution in [-0.2, 0) is 4.79 Å². The molecule has 1 atom stereocenters. The van der Waals surface area contributed by atoms with Gasteiger partial charge in [-0.05, 0) is 54.9 Å². The van der Waals surface area contributed by atoms with E-state index < -0.39 is 0 Å². The molecule has 2 aliphatic rings. The lowest BCUT2D eigenvalue weighted by molar-refractivity contribution is -0.126. The van der Waals surface area contributed by atoms with Gasteiger partial charge in [0.15, 0.2) is 5.78 Å². The van der Waals surface area contributed by atoms with Crippen molar-refractivity contribution >= 4 is 17.3 Å². The van der Waals surface area contributed by atoms with Gasteiger partial charge in [0.25, 0.3) is 0 Å². The van der Waals surface area contributed by atoms with Crippen molar-refractivity contribution < 1.29 is 14.3 Å². The molecule has 1 aliphatic carbocycles. The number of allylic oxidation sites excluding steroid dienone is 3. The Kier molecular flexibility index (Phi) is 4.99. The number of ketones is 1. The van der Waals surface area contributed by atoms with E-state index in [1.165, 1.54) is 5.57 Å². The van der Waals surface area contributed by atoms with Gasteiger partial charge >= 0.3 is 5.97 Å². The number of carbonyl (C=O) groups is 2. The molecular formula is C26H26O3. The van der Waals surface area contributed by atoms with E-state index in [0.717, 1.165) is 19.3 Å². The standard InChI is InChI=1S/C26H26O3/c1-26(2,3)20-12-9-17(10-13-20)15-22-21-16-19(11-14-23(21)29-25(22)28)24(27)18-7-5-4-6-8-18/h4-9,11,14-16,20H,10,12-13H2,1-3H3/b22-15+. The molecule has 4 rings (SSSR count). The third-order valence-electron chi connectivity index (χ3n) is 5.99. The van der Waals surface area contributed by atoms with Crippen molar-refractivity contribution in [1.29, 1.82) is 0 Å². The van der Waals surface area contributed by atoms with Crippen LogP contribution in [0, 0.1) is 11.3 Å². The zero-order valence-electron chi connectivity index (χ0n) is 17.2. The Balaban J connectivity index is 1.63. The molecule has 0 bridgehead atoms. The maximum atomic E-state index is 12.8. The maximum absolute atomic E-state index is 12.8. The van der Waals surface area contributed by atoms with Gasteiger partial charge in [0.05, 0.1) is 5.57 Å². The quantitative estimate of drug-likeness (QED) is 0.281. The fourth-order valence-electron chi connectivity index (χ4n) is 4.09. The first kappa shape index (κ1) is 19.4. The summed E-state index contributed by atoms with van der Waals surface area (Å²) in [6, 6.07) is 14.4. The lowest BCUT2D eigenvalue weighted by Gasteiger charge is -2.32. The fourth-order valence-corrected chi connectivity index (χ4v) is 4.09. The van der Waals surface area contributed by atoms with Gasteiger partial charge in [-0.25, -0.2) is 4.79 Å². The Hall–Kier alpha value is -2.94. The number of fused-ring (bicyclic) bond motifs is 1. The van der Waals surface area contributed by atoms with Crippen molar-refractivity contribution in [2.24, 2.45) is 11.3 Å². The summed E-state index contributed by atoms with van der Waals surface area (Å²) in [5.74, 6) is 0.776. The van der Waals surface area contributed by atoms with Gasteiger partial charge in [-0.1, -0.05) is 62.8 Å². The van der Waals surface area contributed by atoms with E-state index in [0.29, 0.717) is 39.3 Å². The number of hydrogen-bond acceptors (Lipinski definition) is 3. The zero-order chi connectivity index (χ0) is 20.6. The van der Waals surface area contributed by atoms with Gasteiger partial charge in [0.2, 0.25) is 0 Å². The van der Waals surface area contributed by atoms with Crippen molar-refractivity contribution in [2.45, 2.75) is 40.0 Å². The average Bonchev–Trinajstić information content (AvgIpc) is 3.02. The highest BCUT2D eigenvalue weighted by molar-refractivity contribution is 6.22.